The van der Waals surface area contributed by atoms with Crippen LogP contribution >= 0.6 is 0 Å². The first-order chi connectivity index (χ1) is 13.8. The van der Waals surface area contributed by atoms with E-state index in [9.17, 15) is 14.0 Å². The molecule has 2 amide bonds. The molecule has 0 saturated carbocycles. The zero-order chi connectivity index (χ0) is 21.0. The van der Waals surface area contributed by atoms with Crippen molar-refractivity contribution in [1.82, 2.24) is 5.32 Å². The van der Waals surface area contributed by atoms with Crippen molar-refractivity contribution < 1.29 is 18.7 Å². The van der Waals surface area contributed by atoms with Crippen molar-refractivity contribution in [1.29, 1.82) is 0 Å². The fourth-order valence-corrected chi connectivity index (χ4v) is 2.97. The highest BCUT2D eigenvalue weighted by molar-refractivity contribution is 5.90. The van der Waals surface area contributed by atoms with E-state index < -0.39 is 18.0 Å². The van der Waals surface area contributed by atoms with Crippen LogP contribution in [0.15, 0.2) is 47.5 Å². The molecule has 1 fully saturated rings. The molecule has 2 aromatic rings. The van der Waals surface area contributed by atoms with Crippen molar-refractivity contribution in [2.45, 2.75) is 19.6 Å². The quantitative estimate of drug-likeness (QED) is 0.504. The van der Waals surface area contributed by atoms with Gasteiger partial charge < -0.3 is 21.5 Å². The van der Waals surface area contributed by atoms with E-state index in [2.05, 4.69) is 10.3 Å². The van der Waals surface area contributed by atoms with Crippen LogP contribution in [0.3, 0.4) is 0 Å². The van der Waals surface area contributed by atoms with Crippen molar-refractivity contribution in [3.8, 4) is 11.1 Å². The normalized spacial score (nSPS) is 15.7. The second-order valence-corrected chi connectivity index (χ2v) is 6.66. The van der Waals surface area contributed by atoms with Gasteiger partial charge in [0, 0.05) is 12.5 Å². The summed E-state index contributed by atoms with van der Waals surface area (Å²) in [4.78, 5) is 28.4. The van der Waals surface area contributed by atoms with Crippen LogP contribution < -0.4 is 21.7 Å². The first-order valence-electron chi connectivity index (χ1n) is 9.00. The number of ether oxygens (including phenoxy) is 1. The molecule has 29 heavy (non-hydrogen) atoms. The van der Waals surface area contributed by atoms with Gasteiger partial charge in [-0.05, 0) is 29.3 Å². The third-order valence-corrected chi connectivity index (χ3v) is 4.43. The highest BCUT2D eigenvalue weighted by atomic mass is 19.1. The molecule has 0 aliphatic carbocycles. The Hall–Kier alpha value is -3.62. The number of carbonyl (C=O) groups is 2. The minimum atomic E-state index is -0.573. The second kappa shape index (κ2) is 8.59. The van der Waals surface area contributed by atoms with Gasteiger partial charge in [-0.1, -0.05) is 24.3 Å². The fraction of sp³-hybridized carbons (Fsp3) is 0.250. The number of amides is 2. The zero-order valence-corrected chi connectivity index (χ0v) is 15.9. The number of hydrogen-bond acceptors (Lipinski definition) is 4. The van der Waals surface area contributed by atoms with Crippen LogP contribution in [0.4, 0.5) is 14.9 Å². The van der Waals surface area contributed by atoms with Gasteiger partial charge in [-0.3, -0.25) is 9.69 Å². The lowest BCUT2D eigenvalue weighted by atomic mass is 10.0. The highest BCUT2D eigenvalue weighted by Gasteiger charge is 2.32. The SMILES string of the molecule is CC(=O)NC[C@H]1CN(c2ccc(-c3ccc(CN=C(N)N)cc3)c(F)c2)C(=O)O1. The molecule has 1 atom stereocenters. The second-order valence-electron chi connectivity index (χ2n) is 6.66. The summed E-state index contributed by atoms with van der Waals surface area (Å²) in [5.41, 5.74) is 13.0. The van der Waals surface area contributed by atoms with Crippen LogP contribution in [0.5, 0.6) is 0 Å². The predicted octanol–water partition coefficient (Wildman–Crippen LogP) is 1.73. The van der Waals surface area contributed by atoms with E-state index in [1.807, 2.05) is 12.1 Å². The Morgan fingerprint density at radius 3 is 2.62 bits per heavy atom. The average Bonchev–Trinajstić information content (AvgIpc) is 3.06. The van der Waals surface area contributed by atoms with Crippen molar-refractivity contribution in [3.05, 3.63) is 53.8 Å². The maximum Gasteiger partial charge on any atom is 0.414 e. The van der Waals surface area contributed by atoms with Crippen molar-refractivity contribution in [2.24, 2.45) is 16.5 Å². The standard InChI is InChI=1S/C20H22FN5O3/c1-12(27)24-10-16-11-26(20(28)29-16)15-6-7-17(18(21)8-15)14-4-2-13(3-5-14)9-25-19(22)23/h2-8,16H,9-11H2,1H3,(H,24,27)(H4,22,23,25)/t16-/m0/s1. The number of rotatable bonds is 6. The van der Waals surface area contributed by atoms with E-state index in [0.717, 1.165) is 5.56 Å². The number of benzene rings is 2. The van der Waals surface area contributed by atoms with Crippen molar-refractivity contribution in [2.75, 3.05) is 18.0 Å². The lowest BCUT2D eigenvalue weighted by molar-refractivity contribution is -0.119. The summed E-state index contributed by atoms with van der Waals surface area (Å²) in [5.74, 6) is -0.660. The van der Waals surface area contributed by atoms with E-state index in [1.54, 1.807) is 24.3 Å². The first kappa shape index (κ1) is 20.1. The molecule has 2 aromatic carbocycles. The number of cyclic esters (lactones) is 1. The highest BCUT2D eigenvalue weighted by Crippen LogP contribution is 2.29. The summed E-state index contributed by atoms with van der Waals surface area (Å²) >= 11 is 0. The Labute approximate surface area is 167 Å². The largest absolute Gasteiger partial charge is 0.442 e. The van der Waals surface area contributed by atoms with E-state index in [-0.39, 0.29) is 25.0 Å². The number of nitrogens with one attached hydrogen (secondary N) is 1. The molecule has 1 saturated heterocycles. The van der Waals surface area contributed by atoms with Crippen LogP contribution in [-0.4, -0.2) is 37.2 Å². The fourth-order valence-electron chi connectivity index (χ4n) is 2.97. The number of halogens is 1. The molecule has 3 rings (SSSR count). The van der Waals surface area contributed by atoms with Gasteiger partial charge in [0.2, 0.25) is 5.91 Å². The molecule has 5 N–H and O–H groups in total. The number of carbonyl (C=O) groups excluding carboxylic acids is 2. The number of hydrogen-bond donors (Lipinski definition) is 3. The Morgan fingerprint density at radius 1 is 1.28 bits per heavy atom. The average molecular weight is 399 g/mol. The molecular formula is C20H22FN5O3. The van der Waals surface area contributed by atoms with E-state index in [0.29, 0.717) is 23.4 Å². The Bertz CT molecular complexity index is 942. The lowest BCUT2D eigenvalue weighted by Gasteiger charge is -2.14. The van der Waals surface area contributed by atoms with Gasteiger partial charge in [-0.2, -0.15) is 0 Å². The monoisotopic (exact) mass is 399 g/mol. The molecule has 1 aliphatic rings. The summed E-state index contributed by atoms with van der Waals surface area (Å²) in [6.45, 7) is 2.18. The van der Waals surface area contributed by atoms with E-state index in [1.165, 1.54) is 17.9 Å². The number of anilines is 1. The molecule has 9 heteroatoms. The van der Waals surface area contributed by atoms with Gasteiger partial charge in [-0.15, -0.1) is 0 Å². The van der Waals surface area contributed by atoms with Crippen molar-refractivity contribution in [3.63, 3.8) is 0 Å². The first-order valence-corrected chi connectivity index (χ1v) is 9.00. The number of nitrogens with two attached hydrogens (primary N) is 2. The number of guanidine groups is 1. The predicted molar refractivity (Wildman–Crippen MR) is 108 cm³/mol. The van der Waals surface area contributed by atoms with Crippen LogP contribution in [0.25, 0.3) is 11.1 Å². The lowest BCUT2D eigenvalue weighted by Crippen LogP contribution is -2.33. The summed E-state index contributed by atoms with van der Waals surface area (Å²) in [5, 5.41) is 2.60. The molecule has 1 heterocycles. The summed E-state index contributed by atoms with van der Waals surface area (Å²) in [6, 6.07) is 11.8. The molecular weight excluding hydrogens is 377 g/mol. The molecule has 0 radical (unpaired) electrons. The summed E-state index contributed by atoms with van der Waals surface area (Å²) in [7, 11) is 0. The van der Waals surface area contributed by atoms with Gasteiger partial charge in [0.25, 0.3) is 0 Å². The number of aliphatic imine (C=N–C) groups is 1. The summed E-state index contributed by atoms with van der Waals surface area (Å²) in [6.07, 6.45) is -1.05. The third kappa shape index (κ3) is 5.01. The third-order valence-electron chi connectivity index (χ3n) is 4.43. The molecule has 1 aliphatic heterocycles. The van der Waals surface area contributed by atoms with Crippen LogP contribution in [0.1, 0.15) is 12.5 Å². The topological polar surface area (TPSA) is 123 Å². The Morgan fingerprint density at radius 2 is 2.00 bits per heavy atom. The van der Waals surface area contributed by atoms with E-state index in [4.69, 9.17) is 16.2 Å². The molecule has 0 spiro atoms. The maximum atomic E-state index is 14.7. The van der Waals surface area contributed by atoms with Crippen LogP contribution in [0.2, 0.25) is 0 Å². The van der Waals surface area contributed by atoms with Gasteiger partial charge >= 0.3 is 6.09 Å². The molecule has 8 nitrogen and oxygen atoms in total. The van der Waals surface area contributed by atoms with Gasteiger partial charge in [0.05, 0.1) is 25.3 Å². The molecule has 152 valence electrons. The minimum Gasteiger partial charge on any atom is -0.442 e. The zero-order valence-electron chi connectivity index (χ0n) is 15.9. The van der Waals surface area contributed by atoms with Crippen molar-refractivity contribution >= 4 is 23.6 Å². The van der Waals surface area contributed by atoms with Gasteiger partial charge in [0.1, 0.15) is 11.9 Å². The van der Waals surface area contributed by atoms with E-state index >= 15 is 0 Å². The smallest absolute Gasteiger partial charge is 0.414 e. The Balaban J connectivity index is 1.72. The van der Waals surface area contributed by atoms with Crippen LogP contribution in [0, 0.1) is 5.82 Å². The van der Waals surface area contributed by atoms with Gasteiger partial charge in [-0.25, -0.2) is 14.2 Å². The molecule has 0 aromatic heterocycles. The minimum absolute atomic E-state index is 0.00969. The van der Waals surface area contributed by atoms with Crippen LogP contribution in [-0.2, 0) is 16.1 Å². The molecule has 0 unspecified atom stereocenters. The van der Waals surface area contributed by atoms with Gasteiger partial charge in [0.15, 0.2) is 5.96 Å². The Kier molecular flexibility index (Phi) is 5.96. The number of nitrogens with zero attached hydrogens (tertiary/aromatic N) is 2. The molecule has 0 bridgehead atoms. The maximum absolute atomic E-state index is 14.7. The summed E-state index contributed by atoms with van der Waals surface area (Å²) < 4.78 is 19.9.